The topological polar surface area (TPSA) is 67.2 Å². The third kappa shape index (κ3) is 3.23. The summed E-state index contributed by atoms with van der Waals surface area (Å²) in [6, 6.07) is 23.5. The minimum Gasteiger partial charge on any atom is -0.478 e. The van der Waals surface area contributed by atoms with Crippen molar-refractivity contribution in [2.24, 2.45) is 0 Å². The zero-order valence-electron chi connectivity index (χ0n) is 15.4. The van der Waals surface area contributed by atoms with Crippen LogP contribution in [0.25, 0.3) is 21.8 Å². The normalized spacial score (nSPS) is 11.2. The third-order valence-electron chi connectivity index (χ3n) is 4.93. The van der Waals surface area contributed by atoms with Crippen LogP contribution in [0.3, 0.4) is 0 Å². The SMILES string of the molecule is O=C(O)c1ccc2c(c1)nc(Nc1cccc3ccccc13)n2Cc1cccs1. The molecule has 2 aromatic heterocycles. The highest BCUT2D eigenvalue weighted by Gasteiger charge is 2.15. The van der Waals surface area contributed by atoms with Crippen molar-refractivity contribution in [3.8, 4) is 0 Å². The monoisotopic (exact) mass is 399 g/mol. The maximum atomic E-state index is 11.4. The lowest BCUT2D eigenvalue weighted by Crippen LogP contribution is -2.04. The molecule has 5 nitrogen and oxygen atoms in total. The summed E-state index contributed by atoms with van der Waals surface area (Å²) in [6.07, 6.45) is 0. The molecule has 0 bridgehead atoms. The van der Waals surface area contributed by atoms with Crippen LogP contribution >= 0.6 is 11.3 Å². The predicted molar refractivity (Wildman–Crippen MR) is 117 cm³/mol. The Hall–Kier alpha value is -3.64. The number of carboxylic acid groups (broad SMARTS) is 1. The number of imidazole rings is 1. The number of anilines is 2. The molecule has 5 rings (SSSR count). The number of fused-ring (bicyclic) bond motifs is 2. The average Bonchev–Trinajstić information content (AvgIpc) is 3.36. The number of nitrogens with one attached hydrogen (secondary N) is 1. The molecule has 5 aromatic rings. The molecule has 0 unspecified atom stereocenters. The lowest BCUT2D eigenvalue weighted by Gasteiger charge is -2.12. The summed E-state index contributed by atoms with van der Waals surface area (Å²) in [6.45, 7) is 0.660. The van der Waals surface area contributed by atoms with Gasteiger partial charge in [0.25, 0.3) is 0 Å². The van der Waals surface area contributed by atoms with Gasteiger partial charge in [-0.05, 0) is 41.1 Å². The minimum atomic E-state index is -0.955. The molecule has 29 heavy (non-hydrogen) atoms. The Kier molecular flexibility index (Phi) is 4.26. The zero-order valence-corrected chi connectivity index (χ0v) is 16.2. The number of aromatic nitrogens is 2. The van der Waals surface area contributed by atoms with Gasteiger partial charge in [0, 0.05) is 16.0 Å². The molecule has 0 aliphatic carbocycles. The lowest BCUT2D eigenvalue weighted by molar-refractivity contribution is 0.0697. The molecule has 0 saturated carbocycles. The summed E-state index contributed by atoms with van der Waals surface area (Å²) in [4.78, 5) is 17.3. The van der Waals surface area contributed by atoms with Gasteiger partial charge in [-0.1, -0.05) is 42.5 Å². The zero-order chi connectivity index (χ0) is 19.8. The molecule has 0 radical (unpaired) electrons. The molecular formula is C23H17N3O2S. The summed E-state index contributed by atoms with van der Waals surface area (Å²) in [5.41, 5.74) is 2.75. The van der Waals surface area contributed by atoms with Crippen LogP contribution in [0, 0.1) is 0 Å². The number of aromatic carboxylic acids is 1. The number of carboxylic acids is 1. The smallest absolute Gasteiger partial charge is 0.335 e. The first kappa shape index (κ1) is 17.5. The fraction of sp³-hybridized carbons (Fsp3) is 0.0435. The molecule has 2 heterocycles. The number of rotatable bonds is 5. The van der Waals surface area contributed by atoms with Crippen molar-refractivity contribution < 1.29 is 9.90 Å². The Morgan fingerprint density at radius 1 is 1.03 bits per heavy atom. The molecule has 0 fully saturated rings. The summed E-state index contributed by atoms with van der Waals surface area (Å²) < 4.78 is 2.09. The van der Waals surface area contributed by atoms with Crippen LogP contribution < -0.4 is 5.32 Å². The number of carbonyl (C=O) groups is 1. The fourth-order valence-electron chi connectivity index (χ4n) is 3.53. The van der Waals surface area contributed by atoms with Crippen molar-refractivity contribution in [2.75, 3.05) is 5.32 Å². The van der Waals surface area contributed by atoms with Gasteiger partial charge in [0.2, 0.25) is 5.95 Å². The van der Waals surface area contributed by atoms with Crippen molar-refractivity contribution >= 4 is 50.7 Å². The van der Waals surface area contributed by atoms with E-state index in [2.05, 4.69) is 39.5 Å². The second-order valence-corrected chi connectivity index (χ2v) is 7.79. The highest BCUT2D eigenvalue weighted by atomic mass is 32.1. The third-order valence-corrected chi connectivity index (χ3v) is 5.79. The standard InChI is InChI=1S/C23H17N3O2S/c27-22(28)16-10-11-21-20(13-16)25-23(26(21)14-17-7-4-12-29-17)24-19-9-3-6-15-5-1-2-8-18(15)19/h1-13H,14H2,(H,24,25)(H,27,28). The first-order valence-electron chi connectivity index (χ1n) is 9.20. The van der Waals surface area contributed by atoms with E-state index in [1.54, 1.807) is 23.5 Å². The molecule has 0 aliphatic heterocycles. The van der Waals surface area contributed by atoms with Crippen molar-refractivity contribution in [3.05, 3.63) is 88.6 Å². The number of nitrogens with zero attached hydrogens (tertiary/aromatic N) is 2. The van der Waals surface area contributed by atoms with Crippen LogP contribution in [0.1, 0.15) is 15.2 Å². The summed E-state index contributed by atoms with van der Waals surface area (Å²) in [5, 5.41) is 17.1. The van der Waals surface area contributed by atoms with Gasteiger partial charge in [0.15, 0.2) is 0 Å². The Balaban J connectivity index is 1.65. The molecule has 2 N–H and O–H groups in total. The van der Waals surface area contributed by atoms with Crippen molar-refractivity contribution in [2.45, 2.75) is 6.54 Å². The molecule has 3 aromatic carbocycles. The van der Waals surface area contributed by atoms with Crippen LogP contribution in [0.5, 0.6) is 0 Å². The second-order valence-electron chi connectivity index (χ2n) is 6.76. The Bertz CT molecular complexity index is 1330. The highest BCUT2D eigenvalue weighted by molar-refractivity contribution is 7.09. The van der Waals surface area contributed by atoms with E-state index >= 15 is 0 Å². The van der Waals surface area contributed by atoms with E-state index in [0.29, 0.717) is 18.0 Å². The molecule has 0 amide bonds. The number of thiophene rings is 1. The minimum absolute atomic E-state index is 0.231. The molecular weight excluding hydrogens is 382 g/mol. The number of benzene rings is 3. The van der Waals surface area contributed by atoms with Gasteiger partial charge in [-0.25, -0.2) is 9.78 Å². The van der Waals surface area contributed by atoms with Crippen molar-refractivity contribution in [1.29, 1.82) is 0 Å². The van der Waals surface area contributed by atoms with Gasteiger partial charge in [-0.15, -0.1) is 11.3 Å². The molecule has 142 valence electrons. The van der Waals surface area contributed by atoms with Crippen LogP contribution in [-0.4, -0.2) is 20.6 Å². The van der Waals surface area contributed by atoms with E-state index in [0.717, 1.165) is 22.0 Å². The quantitative estimate of drug-likeness (QED) is 0.395. The maximum Gasteiger partial charge on any atom is 0.335 e. The lowest BCUT2D eigenvalue weighted by atomic mass is 10.1. The molecule has 0 spiro atoms. The van der Waals surface area contributed by atoms with Crippen LogP contribution in [-0.2, 0) is 6.54 Å². The Labute approximate surface area is 170 Å². The average molecular weight is 399 g/mol. The number of hydrogen-bond donors (Lipinski definition) is 2. The maximum absolute atomic E-state index is 11.4. The van der Waals surface area contributed by atoms with Gasteiger partial charge in [-0.2, -0.15) is 0 Å². The highest BCUT2D eigenvalue weighted by Crippen LogP contribution is 2.29. The molecule has 0 atom stereocenters. The Morgan fingerprint density at radius 3 is 2.72 bits per heavy atom. The molecule has 0 saturated heterocycles. The number of hydrogen-bond acceptors (Lipinski definition) is 4. The van der Waals surface area contributed by atoms with Gasteiger partial charge >= 0.3 is 5.97 Å². The first-order valence-corrected chi connectivity index (χ1v) is 10.1. The first-order chi connectivity index (χ1) is 14.2. The molecule has 0 aliphatic rings. The van der Waals surface area contributed by atoms with Crippen LogP contribution in [0.2, 0.25) is 0 Å². The van der Waals surface area contributed by atoms with E-state index in [9.17, 15) is 9.90 Å². The summed E-state index contributed by atoms with van der Waals surface area (Å²) in [7, 11) is 0. The Morgan fingerprint density at radius 2 is 1.90 bits per heavy atom. The van der Waals surface area contributed by atoms with Gasteiger partial charge < -0.3 is 15.0 Å². The van der Waals surface area contributed by atoms with E-state index in [1.165, 1.54) is 4.88 Å². The molecule has 6 heteroatoms. The van der Waals surface area contributed by atoms with E-state index in [-0.39, 0.29) is 5.56 Å². The van der Waals surface area contributed by atoms with E-state index < -0.39 is 5.97 Å². The largest absolute Gasteiger partial charge is 0.478 e. The second kappa shape index (κ2) is 7.07. The summed E-state index contributed by atoms with van der Waals surface area (Å²) >= 11 is 1.68. The van der Waals surface area contributed by atoms with E-state index in [4.69, 9.17) is 4.98 Å². The fourth-order valence-corrected chi connectivity index (χ4v) is 4.22. The van der Waals surface area contributed by atoms with Crippen molar-refractivity contribution in [3.63, 3.8) is 0 Å². The van der Waals surface area contributed by atoms with Crippen LogP contribution in [0.15, 0.2) is 78.2 Å². The van der Waals surface area contributed by atoms with Crippen molar-refractivity contribution in [1.82, 2.24) is 9.55 Å². The predicted octanol–water partition coefficient (Wildman–Crippen LogP) is 5.74. The van der Waals surface area contributed by atoms with E-state index in [1.807, 2.05) is 36.4 Å². The van der Waals surface area contributed by atoms with Gasteiger partial charge in [0.1, 0.15) is 0 Å². The van der Waals surface area contributed by atoms with Gasteiger partial charge in [-0.3, -0.25) is 0 Å². The van der Waals surface area contributed by atoms with Crippen LogP contribution in [0.4, 0.5) is 11.6 Å². The summed E-state index contributed by atoms with van der Waals surface area (Å²) in [5.74, 6) is -0.268. The van der Waals surface area contributed by atoms with Gasteiger partial charge in [0.05, 0.1) is 23.1 Å².